The lowest BCUT2D eigenvalue weighted by Crippen LogP contribution is -2.26. The van der Waals surface area contributed by atoms with E-state index in [-0.39, 0.29) is 17.8 Å². The van der Waals surface area contributed by atoms with Crippen LogP contribution in [0, 0.1) is 11.7 Å². The van der Waals surface area contributed by atoms with Gasteiger partial charge in [-0.3, -0.25) is 0 Å². The van der Waals surface area contributed by atoms with Crippen molar-refractivity contribution in [3.63, 3.8) is 0 Å². The summed E-state index contributed by atoms with van der Waals surface area (Å²) in [4.78, 5) is 4.27. The Labute approximate surface area is 140 Å². The standard InChI is InChI=1S/C16H21ClFN3O2/c1-10(2)16(12-5-4-11(17)8-13(12)18)19-9-14-20-15(23-21-14)6-7-22-3/h4-5,8,10,16,19H,6-7,9H2,1-3H3. The van der Waals surface area contributed by atoms with E-state index in [1.54, 1.807) is 19.2 Å². The summed E-state index contributed by atoms with van der Waals surface area (Å²) >= 11 is 5.82. The quantitative estimate of drug-likeness (QED) is 0.795. The second kappa shape index (κ2) is 8.38. The Morgan fingerprint density at radius 2 is 2.17 bits per heavy atom. The number of ether oxygens (including phenoxy) is 1. The maximum absolute atomic E-state index is 14.1. The number of hydrogen-bond acceptors (Lipinski definition) is 5. The van der Waals surface area contributed by atoms with Crippen molar-refractivity contribution in [2.75, 3.05) is 13.7 Å². The summed E-state index contributed by atoms with van der Waals surface area (Å²) in [7, 11) is 1.62. The molecule has 0 bridgehead atoms. The van der Waals surface area contributed by atoms with E-state index < -0.39 is 0 Å². The largest absolute Gasteiger partial charge is 0.384 e. The minimum Gasteiger partial charge on any atom is -0.384 e. The molecule has 126 valence electrons. The van der Waals surface area contributed by atoms with Gasteiger partial charge in [0.05, 0.1) is 19.6 Å². The Bertz CT molecular complexity index is 634. The second-order valence-corrected chi connectivity index (χ2v) is 6.05. The number of nitrogens with zero attached hydrogens (tertiary/aromatic N) is 2. The van der Waals surface area contributed by atoms with Gasteiger partial charge in [0.25, 0.3) is 0 Å². The monoisotopic (exact) mass is 341 g/mol. The maximum Gasteiger partial charge on any atom is 0.229 e. The highest BCUT2D eigenvalue weighted by Crippen LogP contribution is 2.26. The van der Waals surface area contributed by atoms with Crippen LogP contribution in [0.3, 0.4) is 0 Å². The van der Waals surface area contributed by atoms with Crippen molar-refractivity contribution in [1.82, 2.24) is 15.5 Å². The average Bonchev–Trinajstić information content (AvgIpc) is 2.94. The maximum atomic E-state index is 14.1. The van der Waals surface area contributed by atoms with Gasteiger partial charge in [0.2, 0.25) is 5.89 Å². The highest BCUT2D eigenvalue weighted by molar-refractivity contribution is 6.30. The van der Waals surface area contributed by atoms with Gasteiger partial charge >= 0.3 is 0 Å². The first-order chi connectivity index (χ1) is 11.0. The van der Waals surface area contributed by atoms with Gasteiger partial charge in [-0.15, -0.1) is 0 Å². The third-order valence-electron chi connectivity index (χ3n) is 3.47. The molecule has 0 amide bonds. The molecule has 0 fully saturated rings. The molecule has 0 aliphatic heterocycles. The fourth-order valence-corrected chi connectivity index (χ4v) is 2.47. The van der Waals surface area contributed by atoms with Crippen LogP contribution in [0.15, 0.2) is 22.7 Å². The van der Waals surface area contributed by atoms with Gasteiger partial charge in [-0.2, -0.15) is 4.98 Å². The third-order valence-corrected chi connectivity index (χ3v) is 3.71. The Kier molecular flexibility index (Phi) is 6.50. The van der Waals surface area contributed by atoms with Gasteiger partial charge in [-0.25, -0.2) is 4.39 Å². The molecule has 0 saturated carbocycles. The first-order valence-electron chi connectivity index (χ1n) is 7.50. The van der Waals surface area contributed by atoms with Crippen molar-refractivity contribution >= 4 is 11.6 Å². The lowest BCUT2D eigenvalue weighted by Gasteiger charge is -2.23. The second-order valence-electron chi connectivity index (χ2n) is 5.62. The molecule has 2 aromatic rings. The van der Waals surface area contributed by atoms with E-state index in [0.29, 0.717) is 41.9 Å². The van der Waals surface area contributed by atoms with Crippen LogP contribution in [0.2, 0.25) is 5.02 Å². The van der Waals surface area contributed by atoms with E-state index in [1.807, 2.05) is 13.8 Å². The molecule has 0 spiro atoms. The van der Waals surface area contributed by atoms with Crippen molar-refractivity contribution < 1.29 is 13.7 Å². The molecule has 1 heterocycles. The van der Waals surface area contributed by atoms with E-state index in [2.05, 4.69) is 15.5 Å². The van der Waals surface area contributed by atoms with Crippen molar-refractivity contribution in [2.45, 2.75) is 32.9 Å². The first-order valence-corrected chi connectivity index (χ1v) is 7.87. The molecular weight excluding hydrogens is 321 g/mol. The molecular formula is C16H21ClFN3O2. The lowest BCUT2D eigenvalue weighted by molar-refractivity contribution is 0.192. The molecule has 1 atom stereocenters. The van der Waals surface area contributed by atoms with Crippen LogP contribution in [-0.2, 0) is 17.7 Å². The number of benzene rings is 1. The van der Waals surface area contributed by atoms with Gasteiger partial charge in [0, 0.05) is 23.7 Å². The normalized spacial score (nSPS) is 12.8. The van der Waals surface area contributed by atoms with E-state index in [4.69, 9.17) is 20.9 Å². The van der Waals surface area contributed by atoms with Gasteiger partial charge in [0.1, 0.15) is 5.82 Å². The molecule has 1 aromatic heterocycles. The number of halogens is 2. The summed E-state index contributed by atoms with van der Waals surface area (Å²) in [5.74, 6) is 0.932. The van der Waals surface area contributed by atoms with Crippen molar-refractivity contribution in [2.24, 2.45) is 5.92 Å². The average molecular weight is 342 g/mol. The van der Waals surface area contributed by atoms with Crippen LogP contribution in [0.1, 0.15) is 37.2 Å². The molecule has 1 N–H and O–H groups in total. The zero-order chi connectivity index (χ0) is 16.8. The van der Waals surface area contributed by atoms with E-state index in [9.17, 15) is 4.39 Å². The van der Waals surface area contributed by atoms with E-state index >= 15 is 0 Å². The van der Waals surface area contributed by atoms with Crippen LogP contribution in [0.4, 0.5) is 4.39 Å². The Morgan fingerprint density at radius 3 is 2.83 bits per heavy atom. The highest BCUT2D eigenvalue weighted by Gasteiger charge is 2.20. The smallest absolute Gasteiger partial charge is 0.229 e. The van der Waals surface area contributed by atoms with Crippen LogP contribution < -0.4 is 5.32 Å². The lowest BCUT2D eigenvalue weighted by atomic mass is 9.95. The summed E-state index contributed by atoms with van der Waals surface area (Å²) in [6.45, 7) is 4.96. The summed E-state index contributed by atoms with van der Waals surface area (Å²) in [6, 6.07) is 4.54. The summed E-state index contributed by atoms with van der Waals surface area (Å²) in [5.41, 5.74) is 0.576. The molecule has 7 heteroatoms. The predicted molar refractivity (Wildman–Crippen MR) is 85.7 cm³/mol. The molecule has 23 heavy (non-hydrogen) atoms. The molecule has 0 saturated heterocycles. The number of methoxy groups -OCH3 is 1. The first kappa shape index (κ1) is 17.8. The molecule has 0 radical (unpaired) electrons. The van der Waals surface area contributed by atoms with Crippen LogP contribution in [0.25, 0.3) is 0 Å². The molecule has 0 aliphatic rings. The van der Waals surface area contributed by atoms with Gasteiger partial charge in [-0.05, 0) is 18.1 Å². The minimum absolute atomic E-state index is 0.173. The summed E-state index contributed by atoms with van der Waals surface area (Å²) in [5, 5.41) is 7.58. The van der Waals surface area contributed by atoms with Gasteiger partial charge < -0.3 is 14.6 Å². The van der Waals surface area contributed by atoms with Crippen LogP contribution in [0.5, 0.6) is 0 Å². The van der Waals surface area contributed by atoms with Gasteiger partial charge in [0.15, 0.2) is 5.82 Å². The molecule has 5 nitrogen and oxygen atoms in total. The zero-order valence-corrected chi connectivity index (χ0v) is 14.2. The Morgan fingerprint density at radius 1 is 1.39 bits per heavy atom. The zero-order valence-electron chi connectivity index (χ0n) is 13.5. The summed E-state index contributed by atoms with van der Waals surface area (Å²) in [6.07, 6.45) is 0.572. The molecule has 2 rings (SSSR count). The van der Waals surface area contributed by atoms with Gasteiger partial charge in [-0.1, -0.05) is 36.7 Å². The fourth-order valence-electron chi connectivity index (χ4n) is 2.31. The SMILES string of the molecule is COCCc1nc(CNC(c2ccc(Cl)cc2F)C(C)C)no1. The number of nitrogens with one attached hydrogen (secondary N) is 1. The molecule has 1 aromatic carbocycles. The molecule has 1 unspecified atom stereocenters. The number of hydrogen-bond donors (Lipinski definition) is 1. The Balaban J connectivity index is 2.04. The third kappa shape index (κ3) is 4.99. The number of rotatable bonds is 8. The minimum atomic E-state index is -0.322. The van der Waals surface area contributed by atoms with Crippen LogP contribution >= 0.6 is 11.6 Å². The topological polar surface area (TPSA) is 60.2 Å². The molecule has 0 aliphatic carbocycles. The van der Waals surface area contributed by atoms with Crippen LogP contribution in [-0.4, -0.2) is 23.9 Å². The van der Waals surface area contributed by atoms with Crippen molar-refractivity contribution in [3.8, 4) is 0 Å². The fraction of sp³-hybridized carbons (Fsp3) is 0.500. The van der Waals surface area contributed by atoms with E-state index in [0.717, 1.165) is 0 Å². The van der Waals surface area contributed by atoms with Crippen molar-refractivity contribution in [1.29, 1.82) is 0 Å². The Hall–Kier alpha value is -1.50. The van der Waals surface area contributed by atoms with Crippen molar-refractivity contribution in [3.05, 3.63) is 46.3 Å². The predicted octanol–water partition coefficient (Wildman–Crippen LogP) is 3.54. The highest BCUT2D eigenvalue weighted by atomic mass is 35.5. The number of aromatic nitrogens is 2. The van der Waals surface area contributed by atoms with E-state index in [1.165, 1.54) is 6.07 Å². The summed E-state index contributed by atoms with van der Waals surface area (Å²) < 4.78 is 24.2.